The number of carbonyl (C=O) groups is 1. The Balaban J connectivity index is 1.43. The average molecular weight is 492 g/mol. The molecule has 6 rings (SSSR count). The van der Waals surface area contributed by atoms with E-state index in [0.29, 0.717) is 0 Å². The Hall–Kier alpha value is -4.07. The number of hydrogen-bond acceptors (Lipinski definition) is 5. The first kappa shape index (κ1) is 22.4. The SMILES string of the molecule is CC(=O)c1ccc(-c2cccc3[nH]c(-c4n[nH]c5ccc(-c6cncc(CN(C)C)c6)cc45)cc23)s1. The highest BCUT2D eigenvalue weighted by Gasteiger charge is 2.16. The van der Waals surface area contributed by atoms with Crippen molar-refractivity contribution in [3.05, 3.63) is 83.5 Å². The van der Waals surface area contributed by atoms with Crippen LogP contribution in [0.25, 0.3) is 54.8 Å². The van der Waals surface area contributed by atoms with Crippen LogP contribution in [0.4, 0.5) is 0 Å². The second kappa shape index (κ2) is 8.86. The van der Waals surface area contributed by atoms with Crippen molar-refractivity contribution >= 4 is 38.9 Å². The molecule has 0 aliphatic rings. The van der Waals surface area contributed by atoms with Gasteiger partial charge in [0.15, 0.2) is 5.78 Å². The molecule has 0 amide bonds. The second-order valence-electron chi connectivity index (χ2n) is 9.32. The first-order valence-corrected chi connectivity index (χ1v) is 12.6. The van der Waals surface area contributed by atoms with Gasteiger partial charge in [-0.1, -0.05) is 18.2 Å². The number of Topliss-reactive ketones (excluding diaryl/α,β-unsaturated/α-hetero) is 1. The summed E-state index contributed by atoms with van der Waals surface area (Å²) in [7, 11) is 4.12. The fourth-order valence-corrected chi connectivity index (χ4v) is 5.61. The molecule has 4 heterocycles. The van der Waals surface area contributed by atoms with Crippen LogP contribution in [0, 0.1) is 0 Å². The summed E-state index contributed by atoms with van der Waals surface area (Å²) >= 11 is 1.53. The van der Waals surface area contributed by atoms with Crippen molar-refractivity contribution in [1.29, 1.82) is 0 Å². The lowest BCUT2D eigenvalue weighted by molar-refractivity contribution is 0.102. The first-order valence-electron chi connectivity index (χ1n) is 11.8. The molecule has 0 aliphatic heterocycles. The zero-order valence-electron chi connectivity index (χ0n) is 20.3. The average Bonchev–Trinajstić information content (AvgIpc) is 3.60. The van der Waals surface area contributed by atoms with E-state index in [0.717, 1.165) is 66.2 Å². The number of pyridine rings is 1. The van der Waals surface area contributed by atoms with Crippen LogP contribution in [-0.2, 0) is 6.54 Å². The number of thiophene rings is 1. The summed E-state index contributed by atoms with van der Waals surface area (Å²) in [4.78, 5) is 23.8. The third-order valence-corrected chi connectivity index (χ3v) is 7.55. The molecule has 7 heteroatoms. The highest BCUT2D eigenvalue weighted by Crippen LogP contribution is 2.37. The predicted molar refractivity (Wildman–Crippen MR) is 147 cm³/mol. The van der Waals surface area contributed by atoms with Crippen LogP contribution < -0.4 is 0 Å². The lowest BCUT2D eigenvalue weighted by Crippen LogP contribution is -2.10. The number of rotatable bonds is 6. The van der Waals surface area contributed by atoms with Gasteiger partial charge in [0.25, 0.3) is 0 Å². The summed E-state index contributed by atoms with van der Waals surface area (Å²) in [5.74, 6) is 0.0921. The molecule has 0 atom stereocenters. The summed E-state index contributed by atoms with van der Waals surface area (Å²) in [5, 5.41) is 10.0. The highest BCUT2D eigenvalue weighted by molar-refractivity contribution is 7.17. The van der Waals surface area contributed by atoms with Crippen molar-refractivity contribution in [2.45, 2.75) is 13.5 Å². The van der Waals surface area contributed by atoms with Crippen LogP contribution in [0.5, 0.6) is 0 Å². The number of H-pyrrole nitrogens is 2. The minimum absolute atomic E-state index is 0.0921. The van der Waals surface area contributed by atoms with E-state index in [1.165, 1.54) is 16.9 Å². The van der Waals surface area contributed by atoms with Crippen molar-refractivity contribution < 1.29 is 4.79 Å². The summed E-state index contributed by atoms with van der Waals surface area (Å²) in [6.07, 6.45) is 3.83. The Morgan fingerprint density at radius 3 is 2.64 bits per heavy atom. The summed E-state index contributed by atoms with van der Waals surface area (Å²) in [6.45, 7) is 2.45. The number of nitrogens with one attached hydrogen (secondary N) is 2. The smallest absolute Gasteiger partial charge is 0.169 e. The lowest BCUT2D eigenvalue weighted by Gasteiger charge is -2.10. The maximum absolute atomic E-state index is 11.8. The Labute approximate surface area is 212 Å². The molecule has 0 unspecified atom stereocenters. The number of carbonyl (C=O) groups excluding carboxylic acids is 1. The van der Waals surface area contributed by atoms with Crippen molar-refractivity contribution in [3.63, 3.8) is 0 Å². The Morgan fingerprint density at radius 1 is 0.944 bits per heavy atom. The van der Waals surface area contributed by atoms with Gasteiger partial charge in [0, 0.05) is 51.2 Å². The number of fused-ring (bicyclic) bond motifs is 2. The van der Waals surface area contributed by atoms with E-state index < -0.39 is 0 Å². The van der Waals surface area contributed by atoms with E-state index in [1.807, 2.05) is 30.6 Å². The van der Waals surface area contributed by atoms with E-state index in [4.69, 9.17) is 0 Å². The van der Waals surface area contributed by atoms with Gasteiger partial charge >= 0.3 is 0 Å². The monoisotopic (exact) mass is 491 g/mol. The maximum Gasteiger partial charge on any atom is 0.169 e. The van der Waals surface area contributed by atoms with Crippen LogP contribution >= 0.6 is 11.3 Å². The third-order valence-electron chi connectivity index (χ3n) is 6.33. The first-order chi connectivity index (χ1) is 17.5. The van der Waals surface area contributed by atoms with Gasteiger partial charge in [-0.15, -0.1) is 11.3 Å². The van der Waals surface area contributed by atoms with Crippen LogP contribution in [0.2, 0.25) is 0 Å². The van der Waals surface area contributed by atoms with E-state index in [1.54, 1.807) is 6.92 Å². The minimum Gasteiger partial charge on any atom is -0.353 e. The van der Waals surface area contributed by atoms with E-state index in [-0.39, 0.29) is 5.78 Å². The van der Waals surface area contributed by atoms with Crippen molar-refractivity contribution in [2.75, 3.05) is 14.1 Å². The predicted octanol–water partition coefficient (Wildman–Crippen LogP) is 6.77. The molecule has 0 saturated heterocycles. The number of ketones is 1. The van der Waals surface area contributed by atoms with Crippen molar-refractivity contribution in [3.8, 4) is 33.0 Å². The molecule has 2 aromatic carbocycles. The number of nitrogens with zero attached hydrogens (tertiary/aromatic N) is 3. The molecule has 0 saturated carbocycles. The summed E-state index contributed by atoms with van der Waals surface area (Å²) < 4.78 is 0. The largest absolute Gasteiger partial charge is 0.353 e. The van der Waals surface area contributed by atoms with Gasteiger partial charge in [-0.05, 0) is 74.6 Å². The van der Waals surface area contributed by atoms with E-state index in [9.17, 15) is 4.79 Å². The van der Waals surface area contributed by atoms with Gasteiger partial charge in [-0.3, -0.25) is 14.9 Å². The Kier molecular flexibility index (Phi) is 5.51. The fraction of sp³-hybridized carbons (Fsp3) is 0.138. The number of benzene rings is 2. The van der Waals surface area contributed by atoms with Gasteiger partial charge in [-0.2, -0.15) is 5.10 Å². The molecular formula is C29H25N5OS. The second-order valence-corrected chi connectivity index (χ2v) is 10.4. The van der Waals surface area contributed by atoms with Gasteiger partial charge in [0.05, 0.1) is 16.1 Å². The van der Waals surface area contributed by atoms with E-state index in [2.05, 4.69) is 81.6 Å². The molecule has 0 aliphatic carbocycles. The third kappa shape index (κ3) is 4.02. The fourth-order valence-electron chi connectivity index (χ4n) is 4.67. The zero-order chi connectivity index (χ0) is 24.8. The molecule has 178 valence electrons. The Morgan fingerprint density at radius 2 is 1.83 bits per heavy atom. The standard InChI is InChI=1S/C29H25N5OS/c1-17(35)27-9-10-28(36-27)21-5-4-6-24-22(21)13-26(31-24)29-23-12-19(7-8-25(23)32-33-29)20-11-18(14-30-15-20)16-34(2)3/h4-15,31H,16H2,1-3H3,(H,32,33). The van der Waals surface area contributed by atoms with Crippen LogP contribution in [-0.4, -0.2) is 44.9 Å². The molecule has 0 radical (unpaired) electrons. The van der Waals surface area contributed by atoms with Crippen molar-refractivity contribution in [1.82, 2.24) is 25.1 Å². The molecule has 2 N–H and O–H groups in total. The number of aromatic amines is 2. The maximum atomic E-state index is 11.8. The van der Waals surface area contributed by atoms with Crippen molar-refractivity contribution in [2.24, 2.45) is 0 Å². The molecule has 6 aromatic rings. The van der Waals surface area contributed by atoms with Crippen LogP contribution in [0.15, 0.2) is 73.1 Å². The van der Waals surface area contributed by atoms with Gasteiger partial charge in [0.1, 0.15) is 5.69 Å². The topological polar surface area (TPSA) is 77.7 Å². The number of aromatic nitrogens is 4. The summed E-state index contributed by atoms with van der Waals surface area (Å²) in [6, 6.07) is 20.8. The molecule has 6 nitrogen and oxygen atoms in total. The Bertz CT molecular complexity index is 1740. The molecule has 0 spiro atoms. The molecular weight excluding hydrogens is 466 g/mol. The molecule has 0 fully saturated rings. The normalized spacial score (nSPS) is 11.7. The lowest BCUT2D eigenvalue weighted by atomic mass is 10.0. The number of hydrogen-bond donors (Lipinski definition) is 2. The van der Waals surface area contributed by atoms with Crippen LogP contribution in [0.3, 0.4) is 0 Å². The van der Waals surface area contributed by atoms with Gasteiger partial charge in [-0.25, -0.2) is 0 Å². The molecule has 0 bridgehead atoms. The molecule has 36 heavy (non-hydrogen) atoms. The quantitative estimate of drug-likeness (QED) is 0.252. The van der Waals surface area contributed by atoms with E-state index >= 15 is 0 Å². The highest BCUT2D eigenvalue weighted by atomic mass is 32.1. The van der Waals surface area contributed by atoms with Gasteiger partial charge in [0.2, 0.25) is 0 Å². The minimum atomic E-state index is 0.0921. The summed E-state index contributed by atoms with van der Waals surface area (Å²) in [5.41, 5.74) is 8.31. The zero-order valence-corrected chi connectivity index (χ0v) is 21.1. The van der Waals surface area contributed by atoms with Crippen LogP contribution in [0.1, 0.15) is 22.2 Å². The molecule has 4 aromatic heterocycles. The van der Waals surface area contributed by atoms with Gasteiger partial charge < -0.3 is 9.88 Å².